The van der Waals surface area contributed by atoms with Crippen LogP contribution in [0.5, 0.6) is 0 Å². The Labute approximate surface area is 150 Å². The fraction of sp³-hybridized carbons (Fsp3) is 0.800. The lowest BCUT2D eigenvalue weighted by atomic mass is 9.87. The van der Waals surface area contributed by atoms with Gasteiger partial charge in [0, 0.05) is 26.4 Å². The number of rotatable bonds is 8. The van der Waals surface area contributed by atoms with Crippen LogP contribution in [0.1, 0.15) is 33.1 Å². The van der Waals surface area contributed by atoms with Gasteiger partial charge in [-0.15, -0.1) is 0 Å². The van der Waals surface area contributed by atoms with Crippen molar-refractivity contribution in [1.82, 2.24) is 10.6 Å². The molecule has 150 valence electrons. The zero-order valence-electron chi connectivity index (χ0n) is 14.6. The van der Waals surface area contributed by atoms with Crippen LogP contribution in [-0.4, -0.2) is 86.1 Å². The Morgan fingerprint density at radius 3 is 2.42 bits per heavy atom. The van der Waals surface area contributed by atoms with Gasteiger partial charge in [0.15, 0.2) is 0 Å². The van der Waals surface area contributed by atoms with E-state index in [4.69, 9.17) is 14.9 Å². The molecule has 1 rings (SSSR count). The summed E-state index contributed by atoms with van der Waals surface area (Å²) < 4.78 is 5.21. The van der Waals surface area contributed by atoms with Crippen LogP contribution < -0.4 is 10.6 Å². The highest BCUT2D eigenvalue weighted by atomic mass is 16.7. The molecule has 7 N–H and O–H groups in total. The summed E-state index contributed by atoms with van der Waals surface area (Å²) in [5.41, 5.74) is 0. The molecule has 11 heteroatoms. The number of aliphatic hydroxyl groups is 4. The summed E-state index contributed by atoms with van der Waals surface area (Å²) in [5, 5.41) is 53.1. The lowest BCUT2D eigenvalue weighted by Crippen LogP contribution is -2.69. The van der Waals surface area contributed by atoms with Gasteiger partial charge in [0.1, 0.15) is 6.10 Å². The summed E-state index contributed by atoms with van der Waals surface area (Å²) in [4.78, 5) is 34.7. The first-order valence-corrected chi connectivity index (χ1v) is 8.19. The zero-order valence-corrected chi connectivity index (χ0v) is 14.6. The van der Waals surface area contributed by atoms with Gasteiger partial charge in [-0.25, -0.2) is 4.79 Å². The van der Waals surface area contributed by atoms with Crippen molar-refractivity contribution in [2.45, 2.75) is 69.3 Å². The van der Waals surface area contributed by atoms with Gasteiger partial charge in [0.05, 0.1) is 24.3 Å². The smallest absolute Gasteiger partial charge is 0.364 e. The molecule has 0 saturated carbocycles. The molecule has 11 nitrogen and oxygen atoms in total. The molecule has 0 unspecified atom stereocenters. The molecule has 0 aromatic carbocycles. The number of carboxylic acid groups (broad SMARTS) is 1. The van der Waals surface area contributed by atoms with Crippen molar-refractivity contribution in [1.29, 1.82) is 0 Å². The van der Waals surface area contributed by atoms with Gasteiger partial charge in [-0.05, 0) is 13.3 Å². The highest BCUT2D eigenvalue weighted by Crippen LogP contribution is 2.30. The monoisotopic (exact) mass is 378 g/mol. The molecule has 0 radical (unpaired) electrons. The summed E-state index contributed by atoms with van der Waals surface area (Å²) in [6, 6.07) is -2.41. The van der Waals surface area contributed by atoms with Crippen molar-refractivity contribution in [2.24, 2.45) is 0 Å². The lowest BCUT2D eigenvalue weighted by Gasteiger charge is -2.46. The van der Waals surface area contributed by atoms with Crippen molar-refractivity contribution >= 4 is 17.8 Å². The second-order valence-corrected chi connectivity index (χ2v) is 6.33. The van der Waals surface area contributed by atoms with Crippen molar-refractivity contribution in [3.05, 3.63) is 0 Å². The highest BCUT2D eigenvalue weighted by molar-refractivity contribution is 5.77. The van der Waals surface area contributed by atoms with E-state index in [1.54, 1.807) is 0 Å². The SMILES string of the molecule is CC(=O)N[C@@H]1[C@H]([C@@H](NC(=O)CCCO)[C@H](C)O)O[C@](O)(C(=O)O)C[C@@H]1O. The Hall–Kier alpha value is -1.79. The first-order valence-electron chi connectivity index (χ1n) is 8.19. The Bertz CT molecular complexity index is 527. The van der Waals surface area contributed by atoms with Crippen LogP contribution in [0, 0.1) is 0 Å². The van der Waals surface area contributed by atoms with E-state index in [1.165, 1.54) is 13.8 Å². The van der Waals surface area contributed by atoms with Gasteiger partial charge in [0.25, 0.3) is 5.79 Å². The molecule has 1 aliphatic heterocycles. The number of hydrogen-bond donors (Lipinski definition) is 7. The van der Waals surface area contributed by atoms with Gasteiger partial charge in [-0.2, -0.15) is 0 Å². The van der Waals surface area contributed by atoms with Crippen LogP contribution in [0.2, 0.25) is 0 Å². The molecular formula is C15H26N2O9. The maximum absolute atomic E-state index is 11.9. The third kappa shape index (κ3) is 5.61. The zero-order chi connectivity index (χ0) is 20.1. The minimum Gasteiger partial charge on any atom is -0.477 e. The summed E-state index contributed by atoms with van der Waals surface area (Å²) in [7, 11) is 0. The average molecular weight is 378 g/mol. The van der Waals surface area contributed by atoms with E-state index in [1.807, 2.05) is 0 Å². The molecule has 0 bridgehead atoms. The minimum absolute atomic E-state index is 0.0665. The van der Waals surface area contributed by atoms with Crippen LogP contribution in [0.25, 0.3) is 0 Å². The number of carbonyl (C=O) groups is 3. The molecule has 1 saturated heterocycles. The number of aliphatic hydroxyl groups excluding tert-OH is 3. The van der Waals surface area contributed by atoms with E-state index in [-0.39, 0.29) is 19.4 Å². The summed E-state index contributed by atoms with van der Waals surface area (Å²) in [5.74, 6) is -5.62. The number of carbonyl (C=O) groups excluding carboxylic acids is 2. The van der Waals surface area contributed by atoms with Crippen molar-refractivity contribution in [2.75, 3.05) is 6.61 Å². The molecule has 0 aliphatic carbocycles. The van der Waals surface area contributed by atoms with Gasteiger partial charge in [-0.3, -0.25) is 9.59 Å². The number of nitrogens with one attached hydrogen (secondary N) is 2. The van der Waals surface area contributed by atoms with Gasteiger partial charge < -0.3 is 40.9 Å². The standard InChI is InChI=1S/C15H26N2O9/c1-7(19)11(17-10(22)4-3-5-18)13-12(16-8(2)20)9(21)6-15(25,26-13)14(23)24/h7,9,11-13,18-19,21,25H,3-6H2,1-2H3,(H,16,20)(H,17,22)(H,23,24)/t7-,9-,11-,12-,13-,15-/m0/s1. The van der Waals surface area contributed by atoms with E-state index >= 15 is 0 Å². The Morgan fingerprint density at radius 2 is 1.96 bits per heavy atom. The molecule has 1 heterocycles. The second-order valence-electron chi connectivity index (χ2n) is 6.33. The normalized spacial score (nSPS) is 30.9. The van der Waals surface area contributed by atoms with Crippen molar-refractivity contribution < 1.29 is 44.7 Å². The quantitative estimate of drug-likeness (QED) is 0.232. The minimum atomic E-state index is -2.75. The molecule has 6 atom stereocenters. The van der Waals surface area contributed by atoms with E-state index in [0.29, 0.717) is 0 Å². The topological polar surface area (TPSA) is 186 Å². The van der Waals surface area contributed by atoms with Gasteiger partial charge >= 0.3 is 5.97 Å². The Morgan fingerprint density at radius 1 is 1.35 bits per heavy atom. The van der Waals surface area contributed by atoms with Gasteiger partial charge in [0.2, 0.25) is 11.8 Å². The third-order valence-electron chi connectivity index (χ3n) is 4.05. The van der Waals surface area contributed by atoms with Crippen molar-refractivity contribution in [3.8, 4) is 0 Å². The fourth-order valence-corrected chi connectivity index (χ4v) is 2.80. The molecule has 1 aliphatic rings. The van der Waals surface area contributed by atoms with E-state index in [2.05, 4.69) is 10.6 Å². The van der Waals surface area contributed by atoms with E-state index in [0.717, 1.165) is 0 Å². The fourth-order valence-electron chi connectivity index (χ4n) is 2.80. The first kappa shape index (κ1) is 22.3. The molecule has 0 aromatic heterocycles. The van der Waals surface area contributed by atoms with Gasteiger partial charge in [-0.1, -0.05) is 0 Å². The number of aliphatic carboxylic acids is 1. The molecule has 2 amide bonds. The highest BCUT2D eigenvalue weighted by Gasteiger charge is 2.54. The Kier molecular flexibility index (Phi) is 7.90. The predicted octanol–water partition coefficient (Wildman–Crippen LogP) is -2.95. The number of hydrogen-bond acceptors (Lipinski definition) is 8. The molecule has 0 spiro atoms. The van der Waals surface area contributed by atoms with Crippen molar-refractivity contribution in [3.63, 3.8) is 0 Å². The third-order valence-corrected chi connectivity index (χ3v) is 4.05. The summed E-state index contributed by atoms with van der Waals surface area (Å²) >= 11 is 0. The van der Waals surface area contributed by atoms with E-state index < -0.39 is 60.4 Å². The average Bonchev–Trinajstić information content (AvgIpc) is 2.52. The van der Waals surface area contributed by atoms with Crippen LogP contribution in [-0.2, 0) is 19.1 Å². The maximum Gasteiger partial charge on any atom is 0.364 e. The largest absolute Gasteiger partial charge is 0.477 e. The number of amides is 2. The van der Waals surface area contributed by atoms with E-state index in [9.17, 15) is 29.7 Å². The Balaban J connectivity index is 3.14. The number of carboxylic acids is 1. The van der Waals surface area contributed by atoms with Crippen LogP contribution in [0.15, 0.2) is 0 Å². The molecule has 26 heavy (non-hydrogen) atoms. The first-order chi connectivity index (χ1) is 12.0. The second kappa shape index (κ2) is 9.24. The van der Waals surface area contributed by atoms with Crippen LogP contribution >= 0.6 is 0 Å². The number of ether oxygens (including phenoxy) is 1. The molecule has 0 aromatic rings. The summed E-state index contributed by atoms with van der Waals surface area (Å²) in [6.45, 7) is 2.24. The lowest BCUT2D eigenvalue weighted by molar-refractivity contribution is -0.283. The van der Waals surface area contributed by atoms with Crippen LogP contribution in [0.3, 0.4) is 0 Å². The molecule has 1 fully saturated rings. The maximum atomic E-state index is 11.9. The van der Waals surface area contributed by atoms with Crippen LogP contribution in [0.4, 0.5) is 0 Å². The summed E-state index contributed by atoms with van der Waals surface area (Å²) in [6.07, 6.45) is -4.81. The predicted molar refractivity (Wildman–Crippen MR) is 85.6 cm³/mol. The molecular weight excluding hydrogens is 352 g/mol.